The van der Waals surface area contributed by atoms with E-state index in [0.29, 0.717) is 17.9 Å². The monoisotopic (exact) mass is 565 g/mol. The number of carbonyl (C=O) groups excluding carboxylic acids is 2. The zero-order valence-electron chi connectivity index (χ0n) is 21.7. The van der Waals surface area contributed by atoms with Gasteiger partial charge in [-0.3, -0.25) is 14.3 Å². The van der Waals surface area contributed by atoms with E-state index in [-0.39, 0.29) is 47.0 Å². The van der Waals surface area contributed by atoms with E-state index in [1.807, 2.05) is 13.8 Å². The molecule has 0 spiro atoms. The Morgan fingerprint density at radius 1 is 1.18 bits per heavy atom. The lowest BCUT2D eigenvalue weighted by Crippen LogP contribution is -2.42. The minimum Gasteiger partial charge on any atom is -0.491 e. The van der Waals surface area contributed by atoms with Crippen molar-refractivity contribution in [1.29, 1.82) is 0 Å². The molecule has 1 N–H and O–H groups in total. The number of halogens is 4. The summed E-state index contributed by atoms with van der Waals surface area (Å²) in [5.41, 5.74) is -0.462. The lowest BCUT2D eigenvalue weighted by atomic mass is 10.00. The van der Waals surface area contributed by atoms with Crippen LogP contribution in [0.2, 0.25) is 5.02 Å². The number of hydrogen-bond donors (Lipinski definition) is 1. The minimum absolute atomic E-state index is 0.132. The van der Waals surface area contributed by atoms with E-state index in [4.69, 9.17) is 21.1 Å². The van der Waals surface area contributed by atoms with Gasteiger partial charge in [-0.2, -0.15) is 18.3 Å². The third-order valence-electron chi connectivity index (χ3n) is 6.22. The molecule has 13 heteroatoms. The number of amides is 2. The van der Waals surface area contributed by atoms with Crippen molar-refractivity contribution in [2.24, 2.45) is 5.92 Å². The highest BCUT2D eigenvalue weighted by Gasteiger charge is 2.38. The van der Waals surface area contributed by atoms with Crippen LogP contribution >= 0.6 is 11.6 Å². The summed E-state index contributed by atoms with van der Waals surface area (Å²) in [6, 6.07) is 3.83. The maximum atomic E-state index is 13.6. The summed E-state index contributed by atoms with van der Waals surface area (Å²) in [6.07, 6.45) is -1.64. The van der Waals surface area contributed by atoms with Gasteiger partial charge in [-0.15, -0.1) is 0 Å². The number of methoxy groups -OCH3 is 2. The first-order chi connectivity index (χ1) is 18.4. The van der Waals surface area contributed by atoms with Gasteiger partial charge in [0.25, 0.3) is 17.7 Å². The van der Waals surface area contributed by atoms with Gasteiger partial charge >= 0.3 is 6.18 Å². The number of nitrogens with one attached hydrogen (secondary N) is 1. The molecule has 3 heterocycles. The topological polar surface area (TPSA) is 98.6 Å². The molecule has 1 aliphatic rings. The van der Waals surface area contributed by atoms with Gasteiger partial charge in [0.05, 0.1) is 54.5 Å². The first-order valence-electron chi connectivity index (χ1n) is 12.1. The second-order valence-corrected chi connectivity index (χ2v) is 9.82. The third kappa shape index (κ3) is 5.80. The van der Waals surface area contributed by atoms with E-state index in [2.05, 4.69) is 15.4 Å². The molecule has 0 saturated heterocycles. The highest BCUT2D eigenvalue weighted by molar-refractivity contribution is 6.30. The predicted octanol–water partition coefficient (Wildman–Crippen LogP) is 5.15. The Morgan fingerprint density at radius 2 is 1.92 bits per heavy atom. The largest absolute Gasteiger partial charge is 0.491 e. The fourth-order valence-electron chi connectivity index (χ4n) is 4.50. The van der Waals surface area contributed by atoms with E-state index >= 15 is 0 Å². The second-order valence-electron chi connectivity index (χ2n) is 9.39. The van der Waals surface area contributed by atoms with Gasteiger partial charge < -0.3 is 19.7 Å². The number of aromatic nitrogens is 3. The molecular formula is C26H27ClF3N5O4. The van der Waals surface area contributed by atoms with Crippen LogP contribution in [0.1, 0.15) is 58.3 Å². The maximum Gasteiger partial charge on any atom is 0.417 e. The molecule has 1 atom stereocenters. The van der Waals surface area contributed by atoms with Crippen molar-refractivity contribution in [1.82, 2.24) is 20.1 Å². The van der Waals surface area contributed by atoms with Crippen molar-refractivity contribution in [3.63, 3.8) is 0 Å². The number of pyridine rings is 1. The van der Waals surface area contributed by atoms with Gasteiger partial charge in [-0.1, -0.05) is 25.4 Å². The zero-order chi connectivity index (χ0) is 28.5. The van der Waals surface area contributed by atoms with Crippen LogP contribution in [0.4, 0.5) is 18.9 Å². The van der Waals surface area contributed by atoms with Crippen LogP contribution in [0.15, 0.2) is 36.7 Å². The summed E-state index contributed by atoms with van der Waals surface area (Å²) in [6.45, 7) is 4.60. The molecule has 9 nitrogen and oxygen atoms in total. The number of carbonyl (C=O) groups is 2. The normalized spacial score (nSPS) is 15.2. The second kappa shape index (κ2) is 11.1. The molecule has 3 aromatic rings. The predicted molar refractivity (Wildman–Crippen MR) is 137 cm³/mol. The SMILES string of the molecule is COc1cc(C(=O)N2CCC(NC(=O)c3ccc(Cl)cc3C(F)(F)F)c3c2cnn3CC(C)C)cnc1OC. The summed E-state index contributed by atoms with van der Waals surface area (Å²) in [5, 5.41) is 7.03. The Labute approximate surface area is 227 Å². The number of anilines is 1. The molecule has 0 radical (unpaired) electrons. The van der Waals surface area contributed by atoms with Gasteiger partial charge in [-0.25, -0.2) is 4.98 Å². The number of hydrogen-bond acceptors (Lipinski definition) is 6. The zero-order valence-corrected chi connectivity index (χ0v) is 22.4. The van der Waals surface area contributed by atoms with Crippen LogP contribution in [0.3, 0.4) is 0 Å². The summed E-state index contributed by atoms with van der Waals surface area (Å²) < 4.78 is 53.0. The molecule has 1 unspecified atom stereocenters. The molecule has 1 aromatic carbocycles. The van der Waals surface area contributed by atoms with Crippen molar-refractivity contribution in [2.75, 3.05) is 25.7 Å². The lowest BCUT2D eigenvalue weighted by Gasteiger charge is -2.33. The number of fused-ring (bicyclic) bond motifs is 1. The van der Waals surface area contributed by atoms with Gasteiger partial charge in [0, 0.05) is 30.4 Å². The Hall–Kier alpha value is -3.80. The van der Waals surface area contributed by atoms with Crippen LogP contribution in [0.5, 0.6) is 11.6 Å². The van der Waals surface area contributed by atoms with Crippen LogP contribution in [0, 0.1) is 5.92 Å². The average molecular weight is 566 g/mol. The van der Waals surface area contributed by atoms with Crippen LogP contribution < -0.4 is 19.7 Å². The number of ether oxygens (including phenoxy) is 2. The Bertz CT molecular complexity index is 1390. The van der Waals surface area contributed by atoms with Gasteiger partial charge in [0.15, 0.2) is 5.75 Å². The highest BCUT2D eigenvalue weighted by Crippen LogP contribution is 2.38. The first kappa shape index (κ1) is 28.2. The average Bonchev–Trinajstić information content (AvgIpc) is 3.30. The summed E-state index contributed by atoms with van der Waals surface area (Å²) in [7, 11) is 2.86. The number of alkyl halides is 3. The molecule has 2 aromatic heterocycles. The van der Waals surface area contributed by atoms with E-state index in [9.17, 15) is 22.8 Å². The summed E-state index contributed by atoms with van der Waals surface area (Å²) in [4.78, 5) is 32.3. The number of nitrogens with zero attached hydrogens (tertiary/aromatic N) is 4. The molecule has 1 aliphatic heterocycles. The number of rotatable bonds is 7. The quantitative estimate of drug-likeness (QED) is 0.426. The fourth-order valence-corrected chi connectivity index (χ4v) is 4.67. The Morgan fingerprint density at radius 3 is 2.56 bits per heavy atom. The Balaban J connectivity index is 1.69. The van der Waals surface area contributed by atoms with Crippen LogP contribution in [-0.4, -0.2) is 47.3 Å². The van der Waals surface area contributed by atoms with Crippen molar-refractivity contribution >= 4 is 29.1 Å². The summed E-state index contributed by atoms with van der Waals surface area (Å²) >= 11 is 5.77. The molecule has 0 bridgehead atoms. The highest BCUT2D eigenvalue weighted by atomic mass is 35.5. The van der Waals surface area contributed by atoms with Gasteiger partial charge in [0.2, 0.25) is 0 Å². The minimum atomic E-state index is -4.77. The van der Waals surface area contributed by atoms with Crippen LogP contribution in [-0.2, 0) is 12.7 Å². The molecule has 39 heavy (non-hydrogen) atoms. The van der Waals surface area contributed by atoms with Crippen molar-refractivity contribution in [2.45, 2.75) is 39.0 Å². The van der Waals surface area contributed by atoms with E-state index in [1.54, 1.807) is 4.68 Å². The van der Waals surface area contributed by atoms with Gasteiger partial charge in [-0.05, 0) is 30.5 Å². The molecular weight excluding hydrogens is 539 g/mol. The third-order valence-corrected chi connectivity index (χ3v) is 6.46. The van der Waals surface area contributed by atoms with Crippen molar-refractivity contribution < 1.29 is 32.2 Å². The molecule has 4 rings (SSSR count). The lowest BCUT2D eigenvalue weighted by molar-refractivity contribution is -0.137. The summed E-state index contributed by atoms with van der Waals surface area (Å²) in [5.74, 6) is -0.614. The number of benzene rings is 1. The molecule has 0 fully saturated rings. The molecule has 208 valence electrons. The first-order valence-corrected chi connectivity index (χ1v) is 12.5. The standard InChI is InChI=1S/C26H27ClF3N5O4/c1-14(2)13-35-22-19(33-23(36)17-6-5-16(27)10-18(17)26(28,29)30)7-8-34(20(22)12-32-35)25(37)15-9-21(38-3)24(39-4)31-11-15/h5-6,9-12,14,19H,7-8,13H2,1-4H3,(H,33,36). The maximum absolute atomic E-state index is 13.6. The Kier molecular flexibility index (Phi) is 8.05. The molecule has 0 aliphatic carbocycles. The van der Waals surface area contributed by atoms with E-state index < -0.39 is 29.3 Å². The van der Waals surface area contributed by atoms with E-state index in [0.717, 1.165) is 12.1 Å². The fraction of sp³-hybridized carbons (Fsp3) is 0.385. The van der Waals surface area contributed by atoms with E-state index in [1.165, 1.54) is 43.6 Å². The molecule has 2 amide bonds. The van der Waals surface area contributed by atoms with Gasteiger partial charge in [0.1, 0.15) is 0 Å². The smallest absolute Gasteiger partial charge is 0.417 e. The molecule has 0 saturated carbocycles. The van der Waals surface area contributed by atoms with Crippen LogP contribution in [0.25, 0.3) is 0 Å². The van der Waals surface area contributed by atoms with Crippen molar-refractivity contribution in [3.05, 3.63) is 64.1 Å². The van der Waals surface area contributed by atoms with Crippen molar-refractivity contribution in [3.8, 4) is 11.6 Å².